The van der Waals surface area contributed by atoms with Gasteiger partial charge in [-0.1, -0.05) is 36.4 Å². The summed E-state index contributed by atoms with van der Waals surface area (Å²) in [5.41, 5.74) is 5.29. The number of ether oxygens (including phenoxy) is 2. The summed E-state index contributed by atoms with van der Waals surface area (Å²) in [6, 6.07) is 19.5. The largest absolute Gasteiger partial charge is 0.454 e. The fourth-order valence-corrected chi connectivity index (χ4v) is 4.68. The summed E-state index contributed by atoms with van der Waals surface area (Å²) in [5.74, 6) is 1.51. The molecule has 1 aliphatic heterocycles. The molecule has 0 atom stereocenters. The smallest absolute Gasteiger partial charge is 0.251 e. The van der Waals surface area contributed by atoms with Crippen LogP contribution in [0.4, 0.5) is 0 Å². The first-order valence-corrected chi connectivity index (χ1v) is 12.0. The summed E-state index contributed by atoms with van der Waals surface area (Å²) < 4.78 is 10.9. The Morgan fingerprint density at radius 2 is 1.77 bits per heavy atom. The molecule has 3 aromatic rings. The molecule has 6 nitrogen and oxygen atoms in total. The number of Topliss-reactive ketones (excluding diaryl/α,β-unsaturated/α-hetero) is 1. The van der Waals surface area contributed by atoms with Crippen LogP contribution >= 0.6 is 0 Å². The highest BCUT2D eigenvalue weighted by atomic mass is 16.7. The lowest BCUT2D eigenvalue weighted by molar-refractivity contribution is -0.120. The first kappa shape index (κ1) is 23.1. The Balaban J connectivity index is 0.00000190. The third-order valence-corrected chi connectivity index (χ3v) is 6.95. The van der Waals surface area contributed by atoms with Crippen LogP contribution in [0.1, 0.15) is 49.2 Å². The van der Waals surface area contributed by atoms with Crippen molar-refractivity contribution >= 4 is 11.7 Å². The van der Waals surface area contributed by atoms with Crippen LogP contribution in [-0.4, -0.2) is 36.7 Å². The van der Waals surface area contributed by atoms with Gasteiger partial charge in [0.05, 0.1) is 5.41 Å². The number of rotatable bonds is 9. The van der Waals surface area contributed by atoms with Gasteiger partial charge in [0.25, 0.3) is 5.91 Å². The molecule has 0 unspecified atom stereocenters. The predicted octanol–water partition coefficient (Wildman–Crippen LogP) is 4.84. The molecule has 0 bridgehead atoms. The van der Waals surface area contributed by atoms with Crippen LogP contribution in [0.5, 0.6) is 11.5 Å². The molecule has 1 fully saturated rings. The second kappa shape index (κ2) is 9.55. The van der Waals surface area contributed by atoms with Gasteiger partial charge in [0.1, 0.15) is 5.78 Å². The number of aryl methyl sites for hydroxylation is 1. The molecule has 0 saturated heterocycles. The van der Waals surface area contributed by atoms with Crippen molar-refractivity contribution in [3.05, 3.63) is 82.9 Å². The van der Waals surface area contributed by atoms with E-state index in [1.807, 2.05) is 49.4 Å². The lowest BCUT2D eigenvalue weighted by Crippen LogP contribution is -2.24. The number of nitrogens with one attached hydrogen (secondary N) is 1. The molecule has 184 valence electrons. The van der Waals surface area contributed by atoms with Crippen LogP contribution in [-0.2, 0) is 16.6 Å². The summed E-state index contributed by atoms with van der Waals surface area (Å²) in [6.45, 7) is 2.77. The van der Waals surface area contributed by atoms with E-state index in [9.17, 15) is 9.59 Å². The molecule has 6 heteroatoms. The number of ketones is 1. The molecule has 0 aromatic heterocycles. The fourth-order valence-electron chi connectivity index (χ4n) is 4.68. The van der Waals surface area contributed by atoms with E-state index in [0.29, 0.717) is 30.7 Å². The molecule has 0 radical (unpaired) electrons. The molecule has 1 heterocycles. The summed E-state index contributed by atoms with van der Waals surface area (Å²) >= 11 is 0. The highest BCUT2D eigenvalue weighted by molar-refractivity contribution is 5.95. The van der Waals surface area contributed by atoms with Crippen molar-refractivity contribution in [3.8, 4) is 22.6 Å². The molecule has 35 heavy (non-hydrogen) atoms. The maximum Gasteiger partial charge on any atom is 0.251 e. The van der Waals surface area contributed by atoms with Crippen molar-refractivity contribution in [1.29, 1.82) is 0 Å². The summed E-state index contributed by atoms with van der Waals surface area (Å²) in [7, 11) is 0. The number of fused-ring (bicyclic) bond motifs is 1. The summed E-state index contributed by atoms with van der Waals surface area (Å²) in [4.78, 5) is 25.7. The first-order chi connectivity index (χ1) is 17.0. The third kappa shape index (κ3) is 4.66. The van der Waals surface area contributed by atoms with Gasteiger partial charge in [-0.2, -0.15) is 0 Å². The fraction of sp³-hybridized carbons (Fsp3) is 0.310. The van der Waals surface area contributed by atoms with Gasteiger partial charge < -0.3 is 19.9 Å². The van der Waals surface area contributed by atoms with E-state index >= 15 is 0 Å². The molecule has 1 amide bonds. The zero-order valence-electron chi connectivity index (χ0n) is 19.8. The van der Waals surface area contributed by atoms with Gasteiger partial charge >= 0.3 is 0 Å². The Hall–Kier alpha value is -3.64. The van der Waals surface area contributed by atoms with Gasteiger partial charge in [0.2, 0.25) is 6.79 Å². The van der Waals surface area contributed by atoms with Gasteiger partial charge in [0.15, 0.2) is 11.5 Å². The maximum atomic E-state index is 13.4. The highest BCUT2D eigenvalue weighted by Crippen LogP contribution is 2.51. The lowest BCUT2D eigenvalue weighted by Gasteiger charge is -2.16. The second-order valence-corrected chi connectivity index (χ2v) is 9.31. The number of hydrogen-bond donors (Lipinski definition) is 2. The molecule has 5 rings (SSSR count). The maximum absolute atomic E-state index is 13.4. The van der Waals surface area contributed by atoms with Crippen molar-refractivity contribution in [1.82, 2.24) is 5.32 Å². The highest BCUT2D eigenvalue weighted by Gasteiger charge is 2.50. The summed E-state index contributed by atoms with van der Waals surface area (Å²) in [5, 5.41) is 11.7. The number of carbonyl (C=O) groups is 2. The zero-order valence-corrected chi connectivity index (χ0v) is 19.8. The molecule has 2 N–H and O–H groups in total. The monoisotopic (exact) mass is 475 g/mol. The van der Waals surface area contributed by atoms with Gasteiger partial charge in [-0.25, -0.2) is 0 Å². The van der Waals surface area contributed by atoms with E-state index in [1.165, 1.54) is 0 Å². The van der Waals surface area contributed by atoms with Gasteiger partial charge in [-0.3, -0.25) is 9.59 Å². The number of amides is 1. The van der Waals surface area contributed by atoms with Gasteiger partial charge in [-0.05, 0) is 78.3 Å². The Labute approximate surface area is 207 Å². The number of hydrogen-bond acceptors (Lipinski definition) is 5. The Kier molecular flexibility index (Phi) is 6.31. The number of aliphatic hydroxyl groups excluding tert-OH is 1. The van der Waals surface area contributed by atoms with Crippen LogP contribution in [0.15, 0.2) is 60.7 Å². The summed E-state index contributed by atoms with van der Waals surface area (Å²) in [6.07, 6.45) is 2.61. The van der Waals surface area contributed by atoms with Crippen LogP contribution < -0.4 is 14.8 Å². The first-order valence-electron chi connectivity index (χ1n) is 12.0. The minimum Gasteiger partial charge on any atom is -0.454 e. The van der Waals surface area contributed by atoms with Gasteiger partial charge in [-0.15, -0.1) is 0 Å². The quantitative estimate of drug-likeness (QED) is 0.433. The molecule has 3 aromatic carbocycles. The van der Waals surface area contributed by atoms with E-state index in [-0.39, 0.29) is 27.9 Å². The lowest BCUT2D eigenvalue weighted by atomic mass is 9.87. The van der Waals surface area contributed by atoms with Crippen molar-refractivity contribution in [2.45, 2.75) is 38.0 Å². The Bertz CT molecular complexity index is 1270. The molecule has 1 saturated carbocycles. The Morgan fingerprint density at radius 1 is 1.00 bits per heavy atom. The van der Waals surface area contributed by atoms with Gasteiger partial charge in [0, 0.05) is 28.0 Å². The minimum absolute atomic E-state index is 0. The number of benzene rings is 3. The van der Waals surface area contributed by atoms with E-state index in [0.717, 1.165) is 46.4 Å². The standard InChI is InChI=1S/C29H29NO5.2H2/c1-19-3-4-20(15-24(19)21-5-7-22(8-6-21)28(33)30-13-2-14-31)16-27(32)29(11-12-29)23-9-10-25-26(17-23)35-18-34-25;;/h3-10,15,17,31H,2,11-14,16,18H2,1H3,(H,30,33);2*1H. The third-order valence-electron chi connectivity index (χ3n) is 6.95. The minimum atomic E-state index is -0.433. The molecular weight excluding hydrogens is 442 g/mol. The van der Waals surface area contributed by atoms with Crippen LogP contribution in [0.3, 0.4) is 0 Å². The van der Waals surface area contributed by atoms with Crippen molar-refractivity contribution < 1.29 is 27.0 Å². The SMILES string of the molecule is Cc1ccc(CC(=O)C2(c3ccc4c(c3)OCO4)CC2)cc1-c1ccc(C(=O)NCCCO)cc1.[HH].[HH]. The van der Waals surface area contributed by atoms with Crippen LogP contribution in [0, 0.1) is 6.92 Å². The van der Waals surface area contributed by atoms with Crippen molar-refractivity contribution in [2.24, 2.45) is 0 Å². The molecular formula is C29H33NO5. The van der Waals surface area contributed by atoms with E-state index in [2.05, 4.69) is 11.4 Å². The van der Waals surface area contributed by atoms with E-state index in [4.69, 9.17) is 14.6 Å². The Morgan fingerprint density at radius 3 is 2.51 bits per heavy atom. The van der Waals surface area contributed by atoms with E-state index in [1.54, 1.807) is 12.1 Å². The molecule has 2 aliphatic rings. The number of carbonyl (C=O) groups excluding carboxylic acids is 2. The zero-order chi connectivity index (χ0) is 24.4. The topological polar surface area (TPSA) is 84.9 Å². The number of aliphatic hydroxyl groups is 1. The predicted molar refractivity (Wildman–Crippen MR) is 137 cm³/mol. The molecule has 0 spiro atoms. The average Bonchev–Trinajstić information content (AvgIpc) is 3.56. The average molecular weight is 476 g/mol. The van der Waals surface area contributed by atoms with Crippen LogP contribution in [0.2, 0.25) is 0 Å². The second-order valence-electron chi connectivity index (χ2n) is 9.31. The molecule has 1 aliphatic carbocycles. The van der Waals surface area contributed by atoms with Crippen LogP contribution in [0.25, 0.3) is 11.1 Å². The van der Waals surface area contributed by atoms with Crippen molar-refractivity contribution in [2.75, 3.05) is 19.9 Å². The van der Waals surface area contributed by atoms with E-state index < -0.39 is 5.41 Å². The normalized spacial score (nSPS) is 15.0. The van der Waals surface area contributed by atoms with Crippen molar-refractivity contribution in [3.63, 3.8) is 0 Å².